The van der Waals surface area contributed by atoms with Crippen LogP contribution in [0.5, 0.6) is 0 Å². The van der Waals surface area contributed by atoms with E-state index >= 15 is 0 Å². The summed E-state index contributed by atoms with van der Waals surface area (Å²) in [4.78, 5) is 57.6. The quantitative estimate of drug-likeness (QED) is 0.466. The molecule has 1 saturated heterocycles. The Morgan fingerprint density at radius 3 is 2.50 bits per heavy atom. The van der Waals surface area contributed by atoms with Crippen molar-refractivity contribution >= 4 is 51.8 Å². The zero-order valence-corrected chi connectivity index (χ0v) is 22.1. The molecule has 36 heavy (non-hydrogen) atoms. The Labute approximate surface area is 219 Å². The Balaban J connectivity index is 1.50. The maximum Gasteiger partial charge on any atom is 0.309 e. The molecule has 9 nitrogen and oxygen atoms in total. The lowest BCUT2D eigenvalue weighted by molar-refractivity contribution is -0.151. The summed E-state index contributed by atoms with van der Waals surface area (Å²) in [5.74, 6) is -1.03. The highest BCUT2D eigenvalue weighted by atomic mass is 35.5. The fourth-order valence-corrected chi connectivity index (χ4v) is 4.82. The number of hydrogen-bond donors (Lipinski definition) is 1. The molecule has 11 heteroatoms. The monoisotopic (exact) mass is 534 g/mol. The van der Waals surface area contributed by atoms with E-state index < -0.39 is 0 Å². The molecule has 0 radical (unpaired) electrons. The summed E-state index contributed by atoms with van der Waals surface area (Å²) >= 11 is 7.13. The van der Waals surface area contributed by atoms with Gasteiger partial charge in [0.1, 0.15) is 6.54 Å². The number of nitrogens with one attached hydrogen (secondary N) is 1. The number of halogens is 1. The lowest BCUT2D eigenvalue weighted by Gasteiger charge is -2.30. The van der Waals surface area contributed by atoms with Gasteiger partial charge < -0.3 is 19.9 Å². The largest absolute Gasteiger partial charge is 0.466 e. The second-order valence-corrected chi connectivity index (χ2v) is 9.80. The van der Waals surface area contributed by atoms with Crippen LogP contribution in [-0.2, 0) is 25.5 Å². The van der Waals surface area contributed by atoms with Crippen LogP contribution in [0.2, 0.25) is 5.02 Å². The minimum absolute atomic E-state index is 0.0665. The molecule has 0 saturated carbocycles. The first-order valence-corrected chi connectivity index (χ1v) is 13.3. The number of nitrogens with zero attached hydrogens (tertiary/aromatic N) is 3. The van der Waals surface area contributed by atoms with Crippen molar-refractivity contribution in [1.82, 2.24) is 14.8 Å². The molecule has 1 aromatic carbocycles. The van der Waals surface area contributed by atoms with Crippen molar-refractivity contribution in [2.75, 3.05) is 38.1 Å². The average Bonchev–Trinajstić information content (AvgIpc) is 3.30. The number of piperidine rings is 1. The van der Waals surface area contributed by atoms with Crippen molar-refractivity contribution in [1.29, 1.82) is 0 Å². The molecule has 0 unspecified atom stereocenters. The van der Waals surface area contributed by atoms with Gasteiger partial charge in [-0.1, -0.05) is 18.5 Å². The molecule has 3 rings (SSSR count). The highest BCUT2D eigenvalue weighted by Gasteiger charge is 2.28. The molecule has 1 aliphatic heterocycles. The van der Waals surface area contributed by atoms with E-state index in [4.69, 9.17) is 16.3 Å². The van der Waals surface area contributed by atoms with Crippen LogP contribution in [0.15, 0.2) is 29.6 Å². The fourth-order valence-electron chi connectivity index (χ4n) is 3.97. The van der Waals surface area contributed by atoms with Crippen LogP contribution in [0, 0.1) is 5.92 Å². The smallest absolute Gasteiger partial charge is 0.309 e. The van der Waals surface area contributed by atoms with E-state index in [1.54, 1.807) is 41.5 Å². The number of carbonyl (C=O) groups is 4. The predicted molar refractivity (Wildman–Crippen MR) is 138 cm³/mol. The van der Waals surface area contributed by atoms with Crippen molar-refractivity contribution in [2.45, 2.75) is 39.5 Å². The molecular weight excluding hydrogens is 504 g/mol. The predicted octanol–water partition coefficient (Wildman–Crippen LogP) is 3.63. The first-order chi connectivity index (χ1) is 17.3. The topological polar surface area (TPSA) is 109 Å². The molecule has 1 fully saturated rings. The number of benzene rings is 1. The minimum Gasteiger partial charge on any atom is -0.466 e. The number of esters is 1. The minimum atomic E-state index is -0.362. The van der Waals surface area contributed by atoms with Crippen molar-refractivity contribution in [2.24, 2.45) is 5.92 Å². The van der Waals surface area contributed by atoms with Gasteiger partial charge in [0, 0.05) is 35.6 Å². The molecule has 0 aliphatic carbocycles. The normalized spacial score (nSPS) is 13.8. The standard InChI is InChI=1S/C25H31ClN4O5S/c1-3-11-30(23(33)17-5-7-19(26)8-6-17)15-21(31)28-25-27-20(16-36-25)14-22(32)29-12-9-18(10-13-29)24(34)35-4-2/h5-8,16,18H,3-4,9-15H2,1-2H3,(H,27,28,31). The lowest BCUT2D eigenvalue weighted by Crippen LogP contribution is -2.41. The fraction of sp³-hybridized carbons (Fsp3) is 0.480. The van der Waals surface area contributed by atoms with Gasteiger partial charge in [0.05, 0.1) is 24.6 Å². The number of ether oxygens (including phenoxy) is 1. The highest BCUT2D eigenvalue weighted by molar-refractivity contribution is 7.13. The Bertz CT molecular complexity index is 1070. The molecule has 0 spiro atoms. The van der Waals surface area contributed by atoms with Gasteiger partial charge in [0.2, 0.25) is 11.8 Å². The van der Waals surface area contributed by atoms with Gasteiger partial charge >= 0.3 is 5.97 Å². The van der Waals surface area contributed by atoms with Gasteiger partial charge in [-0.15, -0.1) is 11.3 Å². The number of aromatic nitrogens is 1. The molecule has 1 aromatic heterocycles. The molecular formula is C25H31ClN4O5S. The van der Waals surface area contributed by atoms with E-state index in [1.165, 1.54) is 16.2 Å². The second-order valence-electron chi connectivity index (χ2n) is 8.51. The van der Waals surface area contributed by atoms with Gasteiger partial charge in [0.15, 0.2) is 5.13 Å². The number of anilines is 1. The summed E-state index contributed by atoms with van der Waals surface area (Å²) in [5.41, 5.74) is 1.03. The Morgan fingerprint density at radius 1 is 1.17 bits per heavy atom. The van der Waals surface area contributed by atoms with Gasteiger partial charge in [0.25, 0.3) is 5.91 Å². The van der Waals surface area contributed by atoms with E-state index in [0.717, 1.165) is 0 Å². The van der Waals surface area contributed by atoms with Gasteiger partial charge in [-0.05, 0) is 50.5 Å². The molecule has 1 aliphatic rings. The summed E-state index contributed by atoms with van der Waals surface area (Å²) in [5, 5.41) is 5.37. The maximum atomic E-state index is 12.8. The third-order valence-electron chi connectivity index (χ3n) is 5.80. The number of thiazole rings is 1. The summed E-state index contributed by atoms with van der Waals surface area (Å²) in [7, 11) is 0. The van der Waals surface area contributed by atoms with E-state index in [0.29, 0.717) is 66.9 Å². The number of carbonyl (C=O) groups excluding carboxylic acids is 4. The van der Waals surface area contributed by atoms with Crippen LogP contribution in [-0.4, -0.2) is 71.3 Å². The summed E-state index contributed by atoms with van der Waals surface area (Å²) in [6, 6.07) is 6.54. The molecule has 0 bridgehead atoms. The summed E-state index contributed by atoms with van der Waals surface area (Å²) in [6.45, 7) is 5.40. The van der Waals surface area contributed by atoms with E-state index in [2.05, 4.69) is 10.3 Å². The van der Waals surface area contributed by atoms with Crippen LogP contribution in [0.25, 0.3) is 0 Å². The molecule has 2 heterocycles. The molecule has 2 aromatic rings. The third kappa shape index (κ3) is 7.76. The van der Waals surface area contributed by atoms with Crippen LogP contribution in [0.1, 0.15) is 49.2 Å². The second kappa shape index (κ2) is 13.4. The molecule has 0 atom stereocenters. The average molecular weight is 535 g/mol. The molecule has 194 valence electrons. The van der Waals surface area contributed by atoms with Gasteiger partial charge in [-0.2, -0.15) is 0 Å². The van der Waals surface area contributed by atoms with Crippen LogP contribution in [0.4, 0.5) is 5.13 Å². The number of hydrogen-bond acceptors (Lipinski definition) is 7. The highest BCUT2D eigenvalue weighted by Crippen LogP contribution is 2.21. The first-order valence-electron chi connectivity index (χ1n) is 12.0. The lowest BCUT2D eigenvalue weighted by atomic mass is 9.97. The van der Waals surface area contributed by atoms with E-state index in [1.807, 2.05) is 6.92 Å². The van der Waals surface area contributed by atoms with Crippen molar-refractivity contribution in [3.8, 4) is 0 Å². The van der Waals surface area contributed by atoms with E-state index in [-0.39, 0.29) is 42.6 Å². The number of amides is 3. The first kappa shape index (κ1) is 27.6. The van der Waals surface area contributed by atoms with Crippen LogP contribution in [0.3, 0.4) is 0 Å². The molecule has 3 amide bonds. The number of likely N-dealkylation sites (tertiary alicyclic amines) is 1. The van der Waals surface area contributed by atoms with Crippen molar-refractivity contribution < 1.29 is 23.9 Å². The van der Waals surface area contributed by atoms with Gasteiger partial charge in [-0.25, -0.2) is 4.98 Å². The Hall–Kier alpha value is -2.98. The zero-order chi connectivity index (χ0) is 26.1. The Kier molecular flexibility index (Phi) is 10.2. The maximum absolute atomic E-state index is 12.8. The summed E-state index contributed by atoms with van der Waals surface area (Å²) < 4.78 is 5.07. The zero-order valence-electron chi connectivity index (χ0n) is 20.5. The third-order valence-corrected chi connectivity index (χ3v) is 6.86. The van der Waals surface area contributed by atoms with Crippen LogP contribution < -0.4 is 5.32 Å². The van der Waals surface area contributed by atoms with Crippen molar-refractivity contribution in [3.63, 3.8) is 0 Å². The Morgan fingerprint density at radius 2 is 1.86 bits per heavy atom. The van der Waals surface area contributed by atoms with Gasteiger partial charge in [-0.3, -0.25) is 19.2 Å². The van der Waals surface area contributed by atoms with E-state index in [9.17, 15) is 19.2 Å². The SMILES string of the molecule is CCCN(CC(=O)Nc1nc(CC(=O)N2CCC(C(=O)OCC)CC2)cs1)C(=O)c1ccc(Cl)cc1. The number of rotatable bonds is 10. The molecule has 1 N–H and O–H groups in total. The van der Waals surface area contributed by atoms with Crippen LogP contribution >= 0.6 is 22.9 Å². The van der Waals surface area contributed by atoms with Crippen molar-refractivity contribution in [3.05, 3.63) is 45.9 Å². The summed E-state index contributed by atoms with van der Waals surface area (Å²) in [6.07, 6.45) is 2.00.